The average molecular weight is 228 g/mol. The number of allylic oxidation sites excluding steroid dienone is 3. The van der Waals surface area contributed by atoms with Crippen LogP contribution in [0.5, 0.6) is 0 Å². The van der Waals surface area contributed by atoms with Crippen molar-refractivity contribution in [2.24, 2.45) is 0 Å². The van der Waals surface area contributed by atoms with Crippen LogP contribution in [0.3, 0.4) is 0 Å². The van der Waals surface area contributed by atoms with Crippen LogP contribution in [0.1, 0.15) is 6.42 Å². The van der Waals surface area contributed by atoms with Gasteiger partial charge in [-0.3, -0.25) is 0 Å². The molecule has 1 aliphatic rings. The van der Waals surface area contributed by atoms with Crippen molar-refractivity contribution in [3.05, 3.63) is 36.0 Å². The highest BCUT2D eigenvalue weighted by atomic mass is 32.2. The summed E-state index contributed by atoms with van der Waals surface area (Å²) >= 11 is 0. The lowest BCUT2D eigenvalue weighted by molar-refractivity contribution is -0.131. The molecule has 0 aromatic carbocycles. The van der Waals surface area contributed by atoms with Crippen molar-refractivity contribution < 1.29 is 18.3 Å². The van der Waals surface area contributed by atoms with Gasteiger partial charge in [-0.2, -0.15) is 0 Å². The van der Waals surface area contributed by atoms with E-state index in [4.69, 9.17) is 5.11 Å². The highest BCUT2D eigenvalue weighted by Crippen LogP contribution is 2.19. The minimum atomic E-state index is -3.22. The molecule has 1 aliphatic carbocycles. The molecule has 5 heteroatoms. The van der Waals surface area contributed by atoms with E-state index in [1.807, 2.05) is 0 Å². The quantitative estimate of drug-likeness (QED) is 0.576. The molecule has 15 heavy (non-hydrogen) atoms. The van der Waals surface area contributed by atoms with Gasteiger partial charge in [0, 0.05) is 12.3 Å². The number of carboxylic acids is 1. The molecule has 0 saturated heterocycles. The maximum atomic E-state index is 11.4. The first-order chi connectivity index (χ1) is 6.91. The normalized spacial score (nSPS) is 21.7. The van der Waals surface area contributed by atoms with Crippen molar-refractivity contribution in [1.29, 1.82) is 0 Å². The minimum Gasteiger partial charge on any atom is -0.478 e. The minimum absolute atomic E-state index is 0.516. The maximum Gasteiger partial charge on any atom is 0.328 e. The molecule has 0 heterocycles. The van der Waals surface area contributed by atoms with Gasteiger partial charge in [-0.05, 0) is 12.0 Å². The molecule has 1 atom stereocenters. The summed E-state index contributed by atoms with van der Waals surface area (Å²) in [6, 6.07) is 0. The number of rotatable bonds is 3. The molecular weight excluding hydrogens is 216 g/mol. The second-order valence-electron chi connectivity index (χ2n) is 3.29. The van der Waals surface area contributed by atoms with Crippen LogP contribution in [-0.2, 0) is 14.6 Å². The predicted molar refractivity (Wildman–Crippen MR) is 57.2 cm³/mol. The van der Waals surface area contributed by atoms with Gasteiger partial charge in [0.1, 0.15) is 5.25 Å². The first-order valence-electron chi connectivity index (χ1n) is 4.38. The van der Waals surface area contributed by atoms with Crippen LogP contribution in [0.4, 0.5) is 0 Å². The first kappa shape index (κ1) is 11.7. The zero-order chi connectivity index (χ0) is 11.5. The fraction of sp³-hybridized carbons (Fsp3) is 0.300. The molecule has 0 saturated carbocycles. The Morgan fingerprint density at radius 3 is 2.80 bits per heavy atom. The van der Waals surface area contributed by atoms with Crippen molar-refractivity contribution >= 4 is 15.8 Å². The van der Waals surface area contributed by atoms with Crippen molar-refractivity contribution in [2.75, 3.05) is 6.26 Å². The van der Waals surface area contributed by atoms with Crippen molar-refractivity contribution in [3.63, 3.8) is 0 Å². The van der Waals surface area contributed by atoms with E-state index in [0.29, 0.717) is 12.0 Å². The summed E-state index contributed by atoms with van der Waals surface area (Å²) in [5.74, 6) is -1.09. The SMILES string of the molecule is CS(=O)(=O)C1C=CCC=C1/C=C/C(=O)O. The van der Waals surface area contributed by atoms with Crippen molar-refractivity contribution in [2.45, 2.75) is 11.7 Å². The van der Waals surface area contributed by atoms with E-state index in [9.17, 15) is 13.2 Å². The zero-order valence-corrected chi connectivity index (χ0v) is 9.07. The third-order valence-corrected chi connectivity index (χ3v) is 3.36. The molecule has 4 nitrogen and oxygen atoms in total. The molecule has 0 aromatic rings. The molecule has 0 amide bonds. The highest BCUT2D eigenvalue weighted by Gasteiger charge is 2.22. The van der Waals surface area contributed by atoms with Gasteiger partial charge in [0.15, 0.2) is 9.84 Å². The third-order valence-electron chi connectivity index (χ3n) is 2.01. The van der Waals surface area contributed by atoms with Gasteiger partial charge in [0.05, 0.1) is 0 Å². The fourth-order valence-corrected chi connectivity index (χ4v) is 2.42. The lowest BCUT2D eigenvalue weighted by atomic mass is 10.1. The van der Waals surface area contributed by atoms with E-state index in [1.54, 1.807) is 18.2 Å². The van der Waals surface area contributed by atoms with Gasteiger partial charge in [0.25, 0.3) is 0 Å². The van der Waals surface area contributed by atoms with Gasteiger partial charge in [-0.15, -0.1) is 0 Å². The molecule has 0 aliphatic heterocycles. The summed E-state index contributed by atoms with van der Waals surface area (Å²) in [5.41, 5.74) is 0.516. The van der Waals surface area contributed by atoms with Gasteiger partial charge < -0.3 is 5.11 Å². The number of aliphatic carboxylic acids is 1. The topological polar surface area (TPSA) is 71.4 Å². The van der Waals surface area contributed by atoms with Crippen LogP contribution < -0.4 is 0 Å². The summed E-state index contributed by atoms with van der Waals surface area (Å²) in [6.07, 6.45) is 9.09. The van der Waals surface area contributed by atoms with Crippen LogP contribution >= 0.6 is 0 Å². The van der Waals surface area contributed by atoms with Gasteiger partial charge in [-0.25, -0.2) is 13.2 Å². The van der Waals surface area contributed by atoms with Gasteiger partial charge in [0.2, 0.25) is 0 Å². The Balaban J connectivity index is 2.96. The molecular formula is C10H12O4S. The molecule has 0 spiro atoms. The molecule has 0 radical (unpaired) electrons. The van der Waals surface area contributed by atoms with E-state index in [1.165, 1.54) is 6.08 Å². The largest absolute Gasteiger partial charge is 0.478 e. The Bertz CT molecular complexity index is 440. The van der Waals surface area contributed by atoms with E-state index in [-0.39, 0.29) is 0 Å². The molecule has 1 rings (SSSR count). The predicted octanol–water partition coefficient (Wildman–Crippen LogP) is 0.927. The number of hydrogen-bond acceptors (Lipinski definition) is 3. The Morgan fingerprint density at radius 2 is 2.27 bits per heavy atom. The number of carboxylic acid groups (broad SMARTS) is 1. The van der Waals surface area contributed by atoms with Crippen LogP contribution in [0.15, 0.2) is 36.0 Å². The van der Waals surface area contributed by atoms with E-state index >= 15 is 0 Å². The summed E-state index contributed by atoms with van der Waals surface area (Å²) in [5, 5.41) is 7.73. The number of sulfone groups is 1. The smallest absolute Gasteiger partial charge is 0.328 e. The lowest BCUT2D eigenvalue weighted by Gasteiger charge is -2.15. The number of hydrogen-bond donors (Lipinski definition) is 1. The monoisotopic (exact) mass is 228 g/mol. The van der Waals surface area contributed by atoms with E-state index in [0.717, 1.165) is 12.3 Å². The summed E-state index contributed by atoms with van der Waals surface area (Å²) in [6.45, 7) is 0. The maximum absolute atomic E-state index is 11.4. The zero-order valence-electron chi connectivity index (χ0n) is 8.25. The molecule has 0 bridgehead atoms. The first-order valence-corrected chi connectivity index (χ1v) is 6.33. The fourth-order valence-electron chi connectivity index (χ4n) is 1.35. The molecule has 1 unspecified atom stereocenters. The lowest BCUT2D eigenvalue weighted by Crippen LogP contribution is -2.20. The summed E-state index contributed by atoms with van der Waals surface area (Å²) in [4.78, 5) is 10.3. The van der Waals surface area contributed by atoms with E-state index < -0.39 is 21.1 Å². The second-order valence-corrected chi connectivity index (χ2v) is 5.46. The van der Waals surface area contributed by atoms with Crippen LogP contribution in [0.2, 0.25) is 0 Å². The summed E-state index contributed by atoms with van der Waals surface area (Å²) in [7, 11) is -3.22. The Labute approximate surface area is 88.5 Å². The Hall–Kier alpha value is -1.36. The van der Waals surface area contributed by atoms with Gasteiger partial charge in [-0.1, -0.05) is 24.3 Å². The van der Waals surface area contributed by atoms with Crippen LogP contribution in [0.25, 0.3) is 0 Å². The highest BCUT2D eigenvalue weighted by molar-refractivity contribution is 7.91. The Morgan fingerprint density at radius 1 is 1.60 bits per heavy atom. The molecule has 82 valence electrons. The van der Waals surface area contributed by atoms with E-state index in [2.05, 4.69) is 0 Å². The third kappa shape index (κ3) is 3.36. The van der Waals surface area contributed by atoms with Crippen molar-refractivity contribution in [3.8, 4) is 0 Å². The van der Waals surface area contributed by atoms with Crippen molar-refractivity contribution in [1.82, 2.24) is 0 Å². The summed E-state index contributed by atoms with van der Waals surface area (Å²) < 4.78 is 22.7. The molecule has 0 fully saturated rings. The molecule has 1 N–H and O–H groups in total. The number of carbonyl (C=O) groups is 1. The molecule has 0 aromatic heterocycles. The van der Waals surface area contributed by atoms with Crippen LogP contribution in [0, 0.1) is 0 Å². The van der Waals surface area contributed by atoms with Gasteiger partial charge >= 0.3 is 5.97 Å². The van der Waals surface area contributed by atoms with Crippen LogP contribution in [-0.4, -0.2) is 31.0 Å². The average Bonchev–Trinajstić information content (AvgIpc) is 2.13. The Kier molecular flexibility index (Phi) is 3.47. The standard InChI is InChI=1S/C10H12O4S/c1-15(13,14)9-5-3-2-4-8(9)6-7-10(11)12/h3-7,9H,2H2,1H3,(H,11,12)/b7-6+. The second kappa shape index (κ2) is 4.44.